The van der Waals surface area contributed by atoms with Crippen molar-refractivity contribution in [3.05, 3.63) is 88.2 Å². The van der Waals surface area contributed by atoms with Crippen molar-refractivity contribution in [2.75, 3.05) is 25.5 Å². The summed E-state index contributed by atoms with van der Waals surface area (Å²) in [5.74, 6) is -8.48. The number of hydrogen-bond donors (Lipinski definition) is 6. The first kappa shape index (κ1) is 54.4. The van der Waals surface area contributed by atoms with E-state index in [1.807, 2.05) is 18.9 Å². The van der Waals surface area contributed by atoms with E-state index in [-0.39, 0.29) is 62.0 Å². The Morgan fingerprint density at radius 2 is 1.54 bits per heavy atom. The fourth-order valence-electron chi connectivity index (χ4n) is 10.1. The van der Waals surface area contributed by atoms with Gasteiger partial charge in [0.1, 0.15) is 23.4 Å². The zero-order chi connectivity index (χ0) is 52.6. The molecule has 0 saturated carbocycles. The second kappa shape index (κ2) is 21.4. The van der Waals surface area contributed by atoms with E-state index in [4.69, 9.17) is 24.0 Å². The molecule has 1 saturated heterocycles. The molecule has 6 N–H and O–H groups in total. The molecule has 0 aliphatic carbocycles. The number of phenolic OH excluding ortho intramolecular Hbond substituents is 3. The van der Waals surface area contributed by atoms with Crippen molar-refractivity contribution in [3.63, 3.8) is 0 Å². The Morgan fingerprint density at radius 1 is 0.901 bits per heavy atom. The van der Waals surface area contributed by atoms with Gasteiger partial charge >= 0.3 is 11.8 Å². The maximum Gasteiger partial charge on any atom is 0.312 e. The van der Waals surface area contributed by atoms with E-state index in [1.54, 1.807) is 39.8 Å². The van der Waals surface area contributed by atoms with Crippen LogP contribution in [0, 0.1) is 30.6 Å². The van der Waals surface area contributed by atoms with Crippen molar-refractivity contribution in [1.82, 2.24) is 9.91 Å². The van der Waals surface area contributed by atoms with E-state index < -0.39 is 88.8 Å². The number of allylic oxidation sites excluding steroid dienone is 2. The van der Waals surface area contributed by atoms with Gasteiger partial charge in [0.15, 0.2) is 5.75 Å². The second-order valence-corrected chi connectivity index (χ2v) is 21.1. The lowest BCUT2D eigenvalue weighted by atomic mass is 9.78. The lowest BCUT2D eigenvalue weighted by molar-refractivity contribution is -0.160. The van der Waals surface area contributed by atoms with Gasteiger partial charge in [-0.25, -0.2) is 0 Å². The van der Waals surface area contributed by atoms with Crippen molar-refractivity contribution in [1.29, 1.82) is 0 Å². The number of aromatic hydroxyl groups is 3. The quantitative estimate of drug-likeness (QED) is 0.0597. The molecule has 1 amide bonds. The van der Waals surface area contributed by atoms with Gasteiger partial charge in [-0.15, -0.1) is 0 Å². The number of benzene rings is 3. The van der Waals surface area contributed by atoms with E-state index in [9.17, 15) is 39.9 Å². The minimum absolute atomic E-state index is 0.0408. The highest BCUT2D eigenvalue weighted by Crippen LogP contribution is 2.55. The van der Waals surface area contributed by atoms with E-state index in [0.29, 0.717) is 13.1 Å². The number of methoxy groups -OCH3 is 1. The topological polar surface area (TPSA) is 220 Å². The van der Waals surface area contributed by atoms with Crippen LogP contribution in [0.5, 0.6) is 23.0 Å². The molecule has 4 aliphatic rings. The highest BCUT2D eigenvalue weighted by molar-refractivity contribution is 6.23. The largest absolute Gasteiger partial charge is 0.507 e. The number of phenols is 3. The van der Waals surface area contributed by atoms with Gasteiger partial charge in [-0.05, 0) is 50.3 Å². The standard InChI is InChI=1S/C55H74N4O12/c1-28-16-15-17-29(2)53(67)57-44-39(24-56-59-30(3)25-58(26-31(59)4)27-37-18-20-38(21-19-37)54(10,11)12)48(64)41-42(49(44)65)47(63)35(8)51-43(41)52(66)55(13,71-51)69-23-22-40(68-14)32(5)50(70-36(9)60)34(7)46(62)33(6)45(28)61/h15-24,28,30-34,40,45-46,50,61-65H,25-27H2,1-14H3,(H,57,67)/b16-15+,23-22+,29-17-,56-24+/t28-,30?,31?,32-,33-,34-,40+,45+,46-,50-,55+/m1/s1. The van der Waals surface area contributed by atoms with Crippen molar-refractivity contribution >= 4 is 40.3 Å². The molecule has 3 aromatic carbocycles. The number of carbonyl (C=O) groups is 3. The third-order valence-electron chi connectivity index (χ3n) is 14.5. The van der Waals surface area contributed by atoms with Gasteiger partial charge in [0.05, 0.1) is 65.1 Å². The van der Waals surface area contributed by atoms with Gasteiger partial charge in [-0.1, -0.05) is 91.0 Å². The molecule has 4 aliphatic heterocycles. The number of piperazine rings is 1. The van der Waals surface area contributed by atoms with Crippen LogP contribution < -0.4 is 10.1 Å². The summed E-state index contributed by atoms with van der Waals surface area (Å²) in [4.78, 5) is 43.6. The Balaban J connectivity index is 1.45. The molecule has 11 atom stereocenters. The summed E-state index contributed by atoms with van der Waals surface area (Å²) in [6.45, 7) is 25.3. The molecule has 386 valence electrons. The predicted octanol–water partition coefficient (Wildman–Crippen LogP) is 7.98. The SMILES string of the molecule is CO[C@H]1/C=C/O[C@@]2(C)Oc3c(C)c(O)c4c(O)c(c(/C=N/N5C(C)CN(Cc6ccc(C(C)(C)C)cc6)CC5C)c(O)c4c3C2=O)NC(=O)/C(C)=C\C=C\[C@@H](C)[C@H](O)[C@@H](C)[C@@H](O)[C@@H](C)[C@H](OC(C)=O)[C@@H]1C. The predicted molar refractivity (Wildman–Crippen MR) is 273 cm³/mol. The Bertz CT molecular complexity index is 2610. The van der Waals surface area contributed by atoms with E-state index in [2.05, 4.69) is 55.3 Å². The number of ether oxygens (including phenoxy) is 4. The Morgan fingerprint density at radius 3 is 2.13 bits per heavy atom. The van der Waals surface area contributed by atoms with Crippen LogP contribution in [-0.2, 0) is 35.8 Å². The van der Waals surface area contributed by atoms with Crippen LogP contribution in [0.1, 0.15) is 116 Å². The molecule has 5 bridgehead atoms. The molecule has 3 aromatic rings. The molecular formula is C55H74N4O12. The highest BCUT2D eigenvalue weighted by Gasteiger charge is 2.50. The number of anilines is 1. The van der Waals surface area contributed by atoms with Gasteiger partial charge < -0.3 is 49.8 Å². The number of rotatable bonds is 6. The molecule has 16 heteroatoms. The zero-order valence-corrected chi connectivity index (χ0v) is 43.6. The van der Waals surface area contributed by atoms with Crippen LogP contribution in [0.4, 0.5) is 5.69 Å². The van der Waals surface area contributed by atoms with Crippen molar-refractivity contribution < 1.29 is 58.9 Å². The molecule has 0 aromatic heterocycles. The van der Waals surface area contributed by atoms with Gasteiger partial charge in [0.2, 0.25) is 0 Å². The third-order valence-corrected chi connectivity index (χ3v) is 14.5. The molecule has 71 heavy (non-hydrogen) atoms. The van der Waals surface area contributed by atoms with Crippen molar-refractivity contribution in [2.45, 2.75) is 144 Å². The first-order valence-electron chi connectivity index (χ1n) is 24.4. The first-order valence-corrected chi connectivity index (χ1v) is 24.4. The third kappa shape index (κ3) is 11.1. The van der Waals surface area contributed by atoms with Gasteiger partial charge in [-0.3, -0.25) is 24.3 Å². The number of fused-ring (bicyclic) bond motifs is 14. The smallest absolute Gasteiger partial charge is 0.312 e. The number of aliphatic hydroxyl groups excluding tert-OH is 2. The normalized spacial score (nSPS) is 31.0. The van der Waals surface area contributed by atoms with E-state index in [0.717, 1.165) is 6.54 Å². The number of hydrazone groups is 1. The average molecular weight is 983 g/mol. The highest BCUT2D eigenvalue weighted by atomic mass is 16.7. The monoisotopic (exact) mass is 983 g/mol. The van der Waals surface area contributed by atoms with Gasteiger partial charge in [-0.2, -0.15) is 5.10 Å². The number of hydrogen-bond acceptors (Lipinski definition) is 15. The second-order valence-electron chi connectivity index (χ2n) is 21.1. The Hall–Kier alpha value is -5.94. The summed E-state index contributed by atoms with van der Waals surface area (Å²) in [6.07, 6.45) is 4.90. The summed E-state index contributed by atoms with van der Waals surface area (Å²) in [7, 11) is 1.44. The molecule has 0 spiro atoms. The molecule has 0 radical (unpaired) electrons. The number of Topliss-reactive ketones (excluding diaryl/α,β-unsaturated/α-hetero) is 1. The maximum atomic E-state index is 14.7. The lowest BCUT2D eigenvalue weighted by Gasteiger charge is -2.43. The van der Waals surface area contributed by atoms with Crippen LogP contribution >= 0.6 is 0 Å². The van der Waals surface area contributed by atoms with Crippen LogP contribution in [0.15, 0.2) is 65.5 Å². The number of ketones is 1. The molecule has 1 fully saturated rings. The summed E-state index contributed by atoms with van der Waals surface area (Å²) >= 11 is 0. The van der Waals surface area contributed by atoms with Crippen LogP contribution in [0.3, 0.4) is 0 Å². The molecule has 4 heterocycles. The number of nitrogens with one attached hydrogen (secondary N) is 1. The van der Waals surface area contributed by atoms with Crippen LogP contribution in [-0.4, -0.2) is 122 Å². The average Bonchev–Trinajstić information content (AvgIpc) is 3.57. The van der Waals surface area contributed by atoms with Crippen molar-refractivity contribution in [3.8, 4) is 23.0 Å². The summed E-state index contributed by atoms with van der Waals surface area (Å²) in [5, 5.41) is 68.4. The maximum absolute atomic E-state index is 14.7. The number of carbonyl (C=O) groups excluding carboxylic acids is 3. The Kier molecular flexibility index (Phi) is 16.4. The molecule has 16 nitrogen and oxygen atoms in total. The molecule has 7 rings (SSSR count). The fraction of sp³-hybridized carbons (Fsp3) is 0.527. The van der Waals surface area contributed by atoms with Crippen molar-refractivity contribution in [2.24, 2.45) is 28.8 Å². The zero-order valence-electron chi connectivity index (χ0n) is 43.6. The summed E-state index contributed by atoms with van der Waals surface area (Å²) in [6, 6.07) is 8.43. The summed E-state index contributed by atoms with van der Waals surface area (Å²) in [5.41, 5.74) is 2.09. The minimum Gasteiger partial charge on any atom is -0.507 e. The minimum atomic E-state index is -2.07. The van der Waals surface area contributed by atoms with Gasteiger partial charge in [0.25, 0.3) is 11.7 Å². The fourth-order valence-corrected chi connectivity index (χ4v) is 10.1. The molecular weight excluding hydrogens is 909 g/mol. The molecule has 2 unspecified atom stereocenters. The summed E-state index contributed by atoms with van der Waals surface area (Å²) < 4.78 is 23.9. The van der Waals surface area contributed by atoms with Crippen LogP contribution in [0.2, 0.25) is 0 Å². The van der Waals surface area contributed by atoms with E-state index >= 15 is 0 Å². The number of esters is 1. The van der Waals surface area contributed by atoms with Crippen LogP contribution in [0.25, 0.3) is 10.8 Å². The lowest BCUT2D eigenvalue weighted by Crippen LogP contribution is -2.54. The van der Waals surface area contributed by atoms with E-state index in [1.165, 1.54) is 70.6 Å². The Labute approximate surface area is 417 Å². The number of amides is 1. The number of aliphatic hydroxyl groups is 2. The number of nitrogens with zero attached hydrogens (tertiary/aromatic N) is 3. The first-order chi connectivity index (χ1) is 33.2. The van der Waals surface area contributed by atoms with Gasteiger partial charge in [0, 0.05) is 80.8 Å².